The van der Waals surface area contributed by atoms with Crippen LogP contribution in [0, 0.1) is 0 Å². The van der Waals surface area contributed by atoms with Crippen molar-refractivity contribution in [3.05, 3.63) is 75.3 Å². The number of aromatic hydroxyl groups is 1. The molecule has 3 aromatic rings. The predicted octanol–water partition coefficient (Wildman–Crippen LogP) is 6.07. The second-order valence-electron chi connectivity index (χ2n) is 6.19. The number of rotatable bonds is 3. The van der Waals surface area contributed by atoms with Gasteiger partial charge in [0.15, 0.2) is 5.17 Å². The second-order valence-corrected chi connectivity index (χ2v) is 7.98. The number of amidine groups is 1. The summed E-state index contributed by atoms with van der Waals surface area (Å²) >= 11 is 13.6. The summed E-state index contributed by atoms with van der Waals surface area (Å²) in [5.41, 5.74) is 1.48. The Labute approximate surface area is 181 Å². The number of furan rings is 1. The summed E-state index contributed by atoms with van der Waals surface area (Å²) in [5, 5.41) is 10.8. The van der Waals surface area contributed by atoms with E-state index in [2.05, 4.69) is 4.99 Å². The molecule has 8 heteroatoms. The summed E-state index contributed by atoms with van der Waals surface area (Å²) < 4.78 is 5.83. The average molecular weight is 445 g/mol. The number of halogens is 2. The fourth-order valence-electron chi connectivity index (χ4n) is 2.73. The largest absolute Gasteiger partial charge is 0.508 e. The monoisotopic (exact) mass is 444 g/mol. The van der Waals surface area contributed by atoms with Gasteiger partial charge >= 0.3 is 0 Å². The minimum Gasteiger partial charge on any atom is -0.508 e. The van der Waals surface area contributed by atoms with Crippen LogP contribution in [0.3, 0.4) is 0 Å². The molecule has 1 aliphatic heterocycles. The van der Waals surface area contributed by atoms with E-state index in [0.29, 0.717) is 37.2 Å². The molecule has 0 atom stereocenters. The van der Waals surface area contributed by atoms with Crippen molar-refractivity contribution in [1.29, 1.82) is 0 Å². The van der Waals surface area contributed by atoms with Crippen molar-refractivity contribution < 1.29 is 14.3 Å². The standard InChI is InChI=1S/C21H14Cl2N2O3S/c1-25(12-5-7-13(26)8-6-12)21-24-20(27)18(29-21)11-14-9-10-17(28-14)15-3-2-4-16(22)19(15)23/h2-11,26H,1H3/b18-11-. The maximum absolute atomic E-state index is 12.3. The van der Waals surface area contributed by atoms with E-state index in [1.165, 1.54) is 11.8 Å². The molecule has 0 aliphatic carbocycles. The van der Waals surface area contributed by atoms with Crippen LogP contribution < -0.4 is 4.90 Å². The number of hydrogen-bond donors (Lipinski definition) is 1. The van der Waals surface area contributed by atoms with Crippen LogP contribution in [-0.4, -0.2) is 23.2 Å². The van der Waals surface area contributed by atoms with Crippen molar-refractivity contribution in [3.63, 3.8) is 0 Å². The van der Waals surface area contributed by atoms with Crippen molar-refractivity contribution in [2.75, 3.05) is 11.9 Å². The number of hydrogen-bond acceptors (Lipinski definition) is 5. The van der Waals surface area contributed by atoms with Crippen LogP contribution in [0.1, 0.15) is 5.76 Å². The first-order valence-corrected chi connectivity index (χ1v) is 10.1. The first-order valence-electron chi connectivity index (χ1n) is 8.52. The lowest BCUT2D eigenvalue weighted by atomic mass is 10.2. The zero-order valence-corrected chi connectivity index (χ0v) is 17.4. The van der Waals surface area contributed by atoms with Crippen LogP contribution in [0.5, 0.6) is 5.75 Å². The SMILES string of the molecule is CN(C1=NC(=O)/C(=C/c2ccc(-c3cccc(Cl)c3Cl)o2)S1)c1ccc(O)cc1. The van der Waals surface area contributed by atoms with Gasteiger partial charge in [0.1, 0.15) is 17.3 Å². The Morgan fingerprint density at radius 3 is 2.62 bits per heavy atom. The minimum atomic E-state index is -0.339. The van der Waals surface area contributed by atoms with E-state index in [0.717, 1.165) is 5.69 Å². The predicted molar refractivity (Wildman–Crippen MR) is 119 cm³/mol. The highest BCUT2D eigenvalue weighted by molar-refractivity contribution is 8.18. The molecule has 5 nitrogen and oxygen atoms in total. The molecule has 2 aromatic carbocycles. The molecule has 1 aliphatic rings. The Bertz CT molecular complexity index is 1150. The van der Waals surface area contributed by atoms with Crippen LogP contribution in [0.2, 0.25) is 10.0 Å². The smallest absolute Gasteiger partial charge is 0.286 e. The Kier molecular flexibility index (Phi) is 5.41. The van der Waals surface area contributed by atoms with Crippen LogP contribution in [0.25, 0.3) is 17.4 Å². The molecule has 0 saturated heterocycles. The van der Waals surface area contributed by atoms with Crippen molar-refractivity contribution in [2.24, 2.45) is 4.99 Å². The zero-order valence-electron chi connectivity index (χ0n) is 15.1. The molecule has 29 heavy (non-hydrogen) atoms. The van der Waals surface area contributed by atoms with Gasteiger partial charge in [0.05, 0.1) is 15.0 Å². The van der Waals surface area contributed by atoms with Gasteiger partial charge in [-0.1, -0.05) is 29.3 Å². The van der Waals surface area contributed by atoms with Crippen molar-refractivity contribution in [2.45, 2.75) is 0 Å². The van der Waals surface area contributed by atoms with Crippen LogP contribution >= 0.6 is 35.0 Å². The van der Waals surface area contributed by atoms with Crippen molar-refractivity contribution in [3.8, 4) is 17.1 Å². The molecule has 0 saturated carbocycles. The van der Waals surface area contributed by atoms with Crippen LogP contribution in [-0.2, 0) is 4.79 Å². The van der Waals surface area contributed by atoms with Crippen LogP contribution in [0.15, 0.2) is 68.9 Å². The topological polar surface area (TPSA) is 66.0 Å². The Morgan fingerprint density at radius 2 is 1.86 bits per heavy atom. The molecule has 0 bridgehead atoms. The lowest BCUT2D eigenvalue weighted by Gasteiger charge is -2.17. The molecule has 0 unspecified atom stereocenters. The molecule has 146 valence electrons. The van der Waals surface area contributed by atoms with Gasteiger partial charge in [0.25, 0.3) is 5.91 Å². The van der Waals surface area contributed by atoms with E-state index in [1.807, 2.05) is 6.07 Å². The number of nitrogens with zero attached hydrogens (tertiary/aromatic N) is 2. The number of amides is 1. The van der Waals surface area contributed by atoms with Gasteiger partial charge in [-0.2, -0.15) is 4.99 Å². The molecule has 1 N–H and O–H groups in total. The maximum atomic E-state index is 12.3. The van der Waals surface area contributed by atoms with Gasteiger partial charge in [0, 0.05) is 24.4 Å². The third-order valence-corrected chi connectivity index (χ3v) is 6.13. The highest BCUT2D eigenvalue weighted by Gasteiger charge is 2.25. The molecule has 4 rings (SSSR count). The lowest BCUT2D eigenvalue weighted by Crippen LogP contribution is -2.21. The number of thioether (sulfide) groups is 1. The quantitative estimate of drug-likeness (QED) is 0.496. The van der Waals surface area contributed by atoms with Gasteiger partial charge < -0.3 is 14.4 Å². The maximum Gasteiger partial charge on any atom is 0.286 e. The van der Waals surface area contributed by atoms with Crippen LogP contribution in [0.4, 0.5) is 5.69 Å². The highest BCUT2D eigenvalue weighted by Crippen LogP contribution is 2.36. The molecule has 0 fully saturated rings. The number of anilines is 1. The fraction of sp³-hybridized carbons (Fsp3) is 0.0476. The molecule has 1 aromatic heterocycles. The van der Waals surface area contributed by atoms with E-state index in [-0.39, 0.29) is 11.7 Å². The summed E-state index contributed by atoms with van der Waals surface area (Å²) in [6.07, 6.45) is 1.65. The van der Waals surface area contributed by atoms with Gasteiger partial charge in [-0.15, -0.1) is 0 Å². The molecule has 0 radical (unpaired) electrons. The Hall–Kier alpha value is -2.67. The number of benzene rings is 2. The average Bonchev–Trinajstić information content (AvgIpc) is 3.31. The number of phenolic OH excluding ortho intramolecular Hbond substituents is 1. The fourth-order valence-corrected chi connectivity index (χ4v) is 4.00. The highest BCUT2D eigenvalue weighted by atomic mass is 35.5. The number of aliphatic imine (C=N–C) groups is 1. The summed E-state index contributed by atoms with van der Waals surface area (Å²) in [4.78, 5) is 18.7. The summed E-state index contributed by atoms with van der Waals surface area (Å²) in [5.74, 6) is 0.903. The first kappa shape index (κ1) is 19.6. The van der Waals surface area contributed by atoms with Crippen molar-refractivity contribution in [1.82, 2.24) is 0 Å². The van der Waals surface area contributed by atoms with Gasteiger partial charge in [-0.05, 0) is 60.3 Å². The van der Waals surface area contributed by atoms with E-state index in [1.54, 1.807) is 66.6 Å². The van der Waals surface area contributed by atoms with E-state index < -0.39 is 0 Å². The van der Waals surface area contributed by atoms with E-state index in [4.69, 9.17) is 27.6 Å². The summed E-state index contributed by atoms with van der Waals surface area (Å²) in [6.45, 7) is 0. The van der Waals surface area contributed by atoms with Gasteiger partial charge in [-0.25, -0.2) is 0 Å². The second kappa shape index (κ2) is 7.99. The molecule has 1 amide bonds. The third kappa shape index (κ3) is 4.05. The summed E-state index contributed by atoms with van der Waals surface area (Å²) in [7, 11) is 1.81. The lowest BCUT2D eigenvalue weighted by molar-refractivity contribution is -0.113. The molecule has 2 heterocycles. The van der Waals surface area contributed by atoms with Gasteiger partial charge in [0.2, 0.25) is 0 Å². The third-order valence-electron chi connectivity index (χ3n) is 4.25. The Balaban J connectivity index is 1.54. The molecular weight excluding hydrogens is 431 g/mol. The Morgan fingerprint density at radius 1 is 1.10 bits per heavy atom. The molecule has 0 spiro atoms. The normalized spacial score (nSPS) is 15.1. The first-order chi connectivity index (χ1) is 13.9. The molecular formula is C21H14Cl2N2O3S. The number of phenols is 1. The van der Waals surface area contributed by atoms with E-state index >= 15 is 0 Å². The van der Waals surface area contributed by atoms with E-state index in [9.17, 15) is 9.90 Å². The van der Waals surface area contributed by atoms with Gasteiger partial charge in [-0.3, -0.25) is 4.79 Å². The van der Waals surface area contributed by atoms with Crippen molar-refractivity contribution >= 4 is 57.8 Å². The zero-order chi connectivity index (χ0) is 20.5. The minimum absolute atomic E-state index is 0.174. The number of carbonyl (C=O) groups is 1. The summed E-state index contributed by atoms with van der Waals surface area (Å²) in [6, 6.07) is 15.5. The number of carbonyl (C=O) groups excluding carboxylic acids is 1.